The van der Waals surface area contributed by atoms with Crippen LogP contribution in [0, 0.1) is 5.82 Å². The van der Waals surface area contributed by atoms with Gasteiger partial charge in [0.15, 0.2) is 0 Å². The maximum absolute atomic E-state index is 14.1. The summed E-state index contributed by atoms with van der Waals surface area (Å²) >= 11 is 0. The first-order valence-electron chi connectivity index (χ1n) is 9.47. The first-order valence-corrected chi connectivity index (χ1v) is 9.47. The summed E-state index contributed by atoms with van der Waals surface area (Å²) in [5, 5.41) is 17.0. The van der Waals surface area contributed by atoms with Gasteiger partial charge in [-0.25, -0.2) is 4.39 Å². The van der Waals surface area contributed by atoms with E-state index in [0.29, 0.717) is 11.3 Å². The van der Waals surface area contributed by atoms with E-state index in [1.54, 1.807) is 24.4 Å². The molecule has 1 aromatic heterocycles. The molecule has 4 rings (SSSR count). The van der Waals surface area contributed by atoms with E-state index in [1.165, 1.54) is 6.07 Å². The van der Waals surface area contributed by atoms with Crippen molar-refractivity contribution in [1.29, 1.82) is 0 Å². The van der Waals surface area contributed by atoms with Gasteiger partial charge in [-0.3, -0.25) is 9.69 Å². The van der Waals surface area contributed by atoms with Gasteiger partial charge in [-0.05, 0) is 35.9 Å². The molecule has 0 spiro atoms. The fourth-order valence-corrected chi connectivity index (χ4v) is 3.55. The molecule has 7 heteroatoms. The molecule has 6 nitrogen and oxygen atoms in total. The molecule has 1 aliphatic heterocycles. The van der Waals surface area contributed by atoms with Crippen molar-refractivity contribution in [3.8, 4) is 22.4 Å². The second kappa shape index (κ2) is 8.36. The second-order valence-corrected chi connectivity index (χ2v) is 7.01. The highest BCUT2D eigenvalue weighted by atomic mass is 19.1. The Morgan fingerprint density at radius 1 is 1.00 bits per heavy atom. The molecule has 2 aromatic carbocycles. The van der Waals surface area contributed by atoms with Crippen molar-refractivity contribution in [1.82, 2.24) is 15.1 Å². The highest BCUT2D eigenvalue weighted by Crippen LogP contribution is 2.27. The van der Waals surface area contributed by atoms with Gasteiger partial charge in [0.1, 0.15) is 5.82 Å². The summed E-state index contributed by atoms with van der Waals surface area (Å²) in [6.07, 6.45) is 1.67. The molecule has 1 aliphatic rings. The van der Waals surface area contributed by atoms with Gasteiger partial charge < -0.3 is 10.0 Å². The summed E-state index contributed by atoms with van der Waals surface area (Å²) < 4.78 is 14.1. The number of carbonyl (C=O) groups is 1. The lowest BCUT2D eigenvalue weighted by atomic mass is 10.0. The second-order valence-electron chi connectivity index (χ2n) is 7.01. The van der Waals surface area contributed by atoms with Crippen molar-refractivity contribution in [2.24, 2.45) is 0 Å². The fraction of sp³-hybridized carbons (Fsp3) is 0.227. The van der Waals surface area contributed by atoms with E-state index < -0.39 is 5.97 Å². The molecule has 2 heterocycles. The number of nitrogens with zero attached hydrogens (tertiary/aromatic N) is 4. The summed E-state index contributed by atoms with van der Waals surface area (Å²) in [6.45, 7) is 3.14. The Hall–Kier alpha value is -3.32. The molecule has 0 radical (unpaired) electrons. The maximum atomic E-state index is 14.1. The molecule has 0 bridgehead atoms. The molecule has 1 fully saturated rings. The van der Waals surface area contributed by atoms with Gasteiger partial charge in [-0.2, -0.15) is 10.2 Å². The highest BCUT2D eigenvalue weighted by molar-refractivity contribution is 5.71. The van der Waals surface area contributed by atoms with Crippen LogP contribution in [0.5, 0.6) is 0 Å². The van der Waals surface area contributed by atoms with Crippen LogP contribution >= 0.6 is 0 Å². The minimum Gasteiger partial charge on any atom is -0.480 e. The van der Waals surface area contributed by atoms with Crippen LogP contribution in [0.4, 0.5) is 10.1 Å². The number of piperazine rings is 1. The van der Waals surface area contributed by atoms with Crippen LogP contribution < -0.4 is 4.90 Å². The third-order valence-electron chi connectivity index (χ3n) is 5.10. The minimum absolute atomic E-state index is 0.0894. The van der Waals surface area contributed by atoms with Crippen LogP contribution in [0.3, 0.4) is 0 Å². The van der Waals surface area contributed by atoms with E-state index in [2.05, 4.69) is 15.1 Å². The zero-order valence-corrected chi connectivity index (χ0v) is 15.8. The number of aliphatic carboxylic acids is 1. The number of benzene rings is 2. The molecule has 0 saturated carbocycles. The molecule has 0 aliphatic carbocycles. The van der Waals surface area contributed by atoms with E-state index in [1.807, 2.05) is 35.2 Å². The number of anilines is 1. The number of halogens is 1. The first kappa shape index (κ1) is 19.0. The number of hydrogen-bond acceptors (Lipinski definition) is 5. The smallest absolute Gasteiger partial charge is 0.317 e. The largest absolute Gasteiger partial charge is 0.480 e. The average molecular weight is 392 g/mol. The zero-order valence-electron chi connectivity index (χ0n) is 15.8. The SMILES string of the molecule is O=C(O)CN1CCN(c2ccc(-c3cnnc(-c4ccccc4F)c3)cc2)CC1. The Morgan fingerprint density at radius 2 is 1.72 bits per heavy atom. The van der Waals surface area contributed by atoms with Crippen LogP contribution in [-0.2, 0) is 4.79 Å². The molecule has 1 N–H and O–H groups in total. The highest BCUT2D eigenvalue weighted by Gasteiger charge is 2.19. The summed E-state index contributed by atoms with van der Waals surface area (Å²) in [7, 11) is 0. The van der Waals surface area contributed by atoms with Crippen molar-refractivity contribution in [3.05, 3.63) is 66.6 Å². The van der Waals surface area contributed by atoms with E-state index in [-0.39, 0.29) is 12.4 Å². The van der Waals surface area contributed by atoms with Crippen LogP contribution in [-0.4, -0.2) is 58.9 Å². The molecule has 29 heavy (non-hydrogen) atoms. The Bertz CT molecular complexity index is 1000. The Balaban J connectivity index is 1.48. The van der Waals surface area contributed by atoms with Crippen molar-refractivity contribution in [3.63, 3.8) is 0 Å². The summed E-state index contributed by atoms with van der Waals surface area (Å²) in [5.41, 5.74) is 3.87. The summed E-state index contributed by atoms with van der Waals surface area (Å²) in [5.74, 6) is -1.11. The van der Waals surface area contributed by atoms with Crippen LogP contribution in [0.2, 0.25) is 0 Å². The summed E-state index contributed by atoms with van der Waals surface area (Å²) in [6, 6.07) is 16.5. The van der Waals surface area contributed by atoms with Crippen molar-refractivity contribution in [2.45, 2.75) is 0 Å². The molecular weight excluding hydrogens is 371 g/mol. The minimum atomic E-state index is -0.788. The number of carboxylic acids is 1. The Labute approximate surface area is 168 Å². The van der Waals surface area contributed by atoms with E-state index in [0.717, 1.165) is 43.0 Å². The molecule has 0 atom stereocenters. The standard InChI is InChI=1S/C22H21FN4O2/c23-20-4-2-1-3-19(20)21-13-17(14-24-25-21)16-5-7-18(8-6-16)27-11-9-26(10-12-27)15-22(28)29/h1-8,13-14H,9-12,15H2,(H,28,29). The monoisotopic (exact) mass is 392 g/mol. The predicted molar refractivity (Wildman–Crippen MR) is 109 cm³/mol. The third-order valence-corrected chi connectivity index (χ3v) is 5.10. The van der Waals surface area contributed by atoms with Crippen molar-refractivity contribution < 1.29 is 14.3 Å². The first-order chi connectivity index (χ1) is 14.1. The van der Waals surface area contributed by atoms with E-state index in [9.17, 15) is 9.18 Å². The number of rotatable bonds is 5. The van der Waals surface area contributed by atoms with Crippen LogP contribution in [0.15, 0.2) is 60.8 Å². The molecule has 1 saturated heterocycles. The molecule has 0 amide bonds. The molecule has 0 unspecified atom stereocenters. The molecule has 3 aromatic rings. The average Bonchev–Trinajstić information content (AvgIpc) is 2.74. The summed E-state index contributed by atoms with van der Waals surface area (Å²) in [4.78, 5) is 15.0. The van der Waals surface area contributed by atoms with Crippen molar-refractivity contribution in [2.75, 3.05) is 37.6 Å². The van der Waals surface area contributed by atoms with Gasteiger partial charge in [0.05, 0.1) is 18.4 Å². The van der Waals surface area contributed by atoms with Crippen LogP contribution in [0.1, 0.15) is 0 Å². The lowest BCUT2D eigenvalue weighted by Crippen LogP contribution is -2.47. The lowest BCUT2D eigenvalue weighted by molar-refractivity contribution is -0.138. The number of carboxylic acid groups (broad SMARTS) is 1. The van der Waals surface area contributed by atoms with E-state index >= 15 is 0 Å². The normalized spacial score (nSPS) is 14.7. The van der Waals surface area contributed by atoms with Crippen LogP contribution in [0.25, 0.3) is 22.4 Å². The Morgan fingerprint density at radius 3 is 2.41 bits per heavy atom. The molecule has 148 valence electrons. The topological polar surface area (TPSA) is 69.6 Å². The Kier molecular flexibility index (Phi) is 5.48. The molecular formula is C22H21FN4O2. The number of hydrogen-bond donors (Lipinski definition) is 1. The van der Waals surface area contributed by atoms with Crippen molar-refractivity contribution >= 4 is 11.7 Å². The van der Waals surface area contributed by atoms with Gasteiger partial charge in [0, 0.05) is 43.0 Å². The zero-order chi connectivity index (χ0) is 20.2. The quantitative estimate of drug-likeness (QED) is 0.719. The van der Waals surface area contributed by atoms with Gasteiger partial charge in [-0.15, -0.1) is 0 Å². The third kappa shape index (κ3) is 4.41. The van der Waals surface area contributed by atoms with Gasteiger partial charge in [-0.1, -0.05) is 24.3 Å². The van der Waals surface area contributed by atoms with Gasteiger partial charge in [0.2, 0.25) is 0 Å². The fourth-order valence-electron chi connectivity index (χ4n) is 3.55. The number of aromatic nitrogens is 2. The van der Waals surface area contributed by atoms with Gasteiger partial charge >= 0.3 is 5.97 Å². The van der Waals surface area contributed by atoms with E-state index in [4.69, 9.17) is 5.11 Å². The predicted octanol–water partition coefficient (Wildman–Crippen LogP) is 3.16. The maximum Gasteiger partial charge on any atom is 0.317 e. The van der Waals surface area contributed by atoms with Gasteiger partial charge in [0.25, 0.3) is 0 Å². The lowest BCUT2D eigenvalue weighted by Gasteiger charge is -2.35.